The Morgan fingerprint density at radius 2 is 0.644 bits per heavy atom. The van der Waals surface area contributed by atoms with E-state index in [9.17, 15) is 14.4 Å². The molecule has 0 amide bonds. The van der Waals surface area contributed by atoms with Crippen LogP contribution in [-0.4, -0.2) is 37.2 Å². The standard InChI is InChI=1S/C53H98O6/c1-4-7-10-13-16-19-21-23-24-25-26-27-28-30-31-34-37-40-43-46-52(55)58-49-50(48-57-51(54)45-42-39-36-33-18-15-12-9-6-3)59-53(56)47-44-41-38-35-32-29-22-20-17-14-11-8-5-2/h29,32,38,41,50H,4-28,30-31,33-37,39-40,42-49H2,1-3H3/b32-29-,41-38-. The topological polar surface area (TPSA) is 78.9 Å². The minimum absolute atomic E-state index is 0.0890. The third-order valence-electron chi connectivity index (χ3n) is 11.5. The fourth-order valence-corrected chi connectivity index (χ4v) is 7.56. The summed E-state index contributed by atoms with van der Waals surface area (Å²) in [6, 6.07) is 0. The van der Waals surface area contributed by atoms with Crippen LogP contribution in [0.5, 0.6) is 0 Å². The molecule has 0 spiro atoms. The minimum atomic E-state index is -0.794. The van der Waals surface area contributed by atoms with Crippen molar-refractivity contribution in [3.05, 3.63) is 24.3 Å². The van der Waals surface area contributed by atoms with Gasteiger partial charge in [0.05, 0.1) is 0 Å². The van der Waals surface area contributed by atoms with Crippen LogP contribution in [0.25, 0.3) is 0 Å². The van der Waals surface area contributed by atoms with Crippen molar-refractivity contribution in [1.29, 1.82) is 0 Å². The molecule has 0 aromatic carbocycles. The number of hydrogen-bond donors (Lipinski definition) is 0. The molecule has 0 fully saturated rings. The maximum Gasteiger partial charge on any atom is 0.306 e. The average molecular weight is 831 g/mol. The summed E-state index contributed by atoms with van der Waals surface area (Å²) in [6.07, 6.45) is 54.7. The molecule has 0 saturated heterocycles. The first kappa shape index (κ1) is 56.9. The van der Waals surface area contributed by atoms with E-state index < -0.39 is 6.10 Å². The van der Waals surface area contributed by atoms with Gasteiger partial charge in [-0.2, -0.15) is 0 Å². The lowest BCUT2D eigenvalue weighted by Crippen LogP contribution is -2.30. The van der Waals surface area contributed by atoms with Gasteiger partial charge in [0, 0.05) is 19.3 Å². The molecule has 0 radical (unpaired) electrons. The van der Waals surface area contributed by atoms with Gasteiger partial charge in [-0.1, -0.05) is 244 Å². The zero-order chi connectivity index (χ0) is 43.0. The molecule has 6 heteroatoms. The van der Waals surface area contributed by atoms with Gasteiger partial charge in [0.1, 0.15) is 13.2 Å². The number of rotatable bonds is 47. The van der Waals surface area contributed by atoms with Crippen molar-refractivity contribution in [2.45, 2.75) is 284 Å². The zero-order valence-electron chi connectivity index (χ0n) is 39.5. The number of hydrogen-bond acceptors (Lipinski definition) is 6. The highest BCUT2D eigenvalue weighted by molar-refractivity contribution is 5.71. The SMILES string of the molecule is CCCCCCCC/C=C\C/C=C\CCC(=O)OC(COC(=O)CCCCCCCCCCC)COC(=O)CCCCCCCCCCCCCCCCCCCCC. The molecule has 6 nitrogen and oxygen atoms in total. The molecule has 0 bridgehead atoms. The average Bonchev–Trinajstić information content (AvgIpc) is 3.23. The van der Waals surface area contributed by atoms with Crippen LogP contribution in [0.1, 0.15) is 278 Å². The second-order valence-electron chi connectivity index (χ2n) is 17.4. The number of carbonyl (C=O) groups is 3. The molecule has 0 heterocycles. The molecule has 0 rings (SSSR count). The van der Waals surface area contributed by atoms with Gasteiger partial charge in [-0.25, -0.2) is 0 Å². The van der Waals surface area contributed by atoms with Crippen molar-refractivity contribution in [1.82, 2.24) is 0 Å². The van der Waals surface area contributed by atoms with Crippen molar-refractivity contribution < 1.29 is 28.6 Å². The monoisotopic (exact) mass is 831 g/mol. The Morgan fingerprint density at radius 3 is 1.00 bits per heavy atom. The summed E-state index contributed by atoms with van der Waals surface area (Å²) in [7, 11) is 0. The van der Waals surface area contributed by atoms with Gasteiger partial charge in [0.25, 0.3) is 0 Å². The van der Waals surface area contributed by atoms with E-state index in [2.05, 4.69) is 39.0 Å². The number of unbranched alkanes of at least 4 members (excludes halogenated alkanes) is 32. The lowest BCUT2D eigenvalue weighted by Gasteiger charge is -2.18. The summed E-state index contributed by atoms with van der Waals surface area (Å²) < 4.78 is 16.7. The van der Waals surface area contributed by atoms with Gasteiger partial charge in [-0.05, 0) is 38.5 Å². The maximum atomic E-state index is 12.7. The Labute approximate surface area is 366 Å². The Balaban J connectivity index is 4.29. The predicted octanol–water partition coefficient (Wildman–Crippen LogP) is 16.8. The highest BCUT2D eigenvalue weighted by Gasteiger charge is 2.19. The summed E-state index contributed by atoms with van der Waals surface area (Å²) >= 11 is 0. The minimum Gasteiger partial charge on any atom is -0.462 e. The molecule has 0 aliphatic heterocycles. The first-order valence-electron chi connectivity index (χ1n) is 25.8. The molecule has 0 saturated carbocycles. The van der Waals surface area contributed by atoms with E-state index in [0.717, 1.165) is 51.4 Å². The van der Waals surface area contributed by atoms with Crippen LogP contribution < -0.4 is 0 Å². The van der Waals surface area contributed by atoms with Gasteiger partial charge in [-0.3, -0.25) is 14.4 Å². The fraction of sp³-hybridized carbons (Fsp3) is 0.868. The third-order valence-corrected chi connectivity index (χ3v) is 11.5. The van der Waals surface area contributed by atoms with Crippen LogP contribution in [0, 0.1) is 0 Å². The van der Waals surface area contributed by atoms with Gasteiger partial charge >= 0.3 is 17.9 Å². The van der Waals surface area contributed by atoms with E-state index in [4.69, 9.17) is 14.2 Å². The van der Waals surface area contributed by atoms with Crippen molar-refractivity contribution in [2.24, 2.45) is 0 Å². The molecular weight excluding hydrogens is 733 g/mol. The second-order valence-corrected chi connectivity index (χ2v) is 17.4. The molecule has 0 aliphatic carbocycles. The number of carbonyl (C=O) groups excluding carboxylic acids is 3. The Morgan fingerprint density at radius 1 is 0.339 bits per heavy atom. The van der Waals surface area contributed by atoms with Gasteiger partial charge in [-0.15, -0.1) is 0 Å². The second kappa shape index (κ2) is 48.6. The predicted molar refractivity (Wildman–Crippen MR) is 252 cm³/mol. The number of esters is 3. The van der Waals surface area contributed by atoms with E-state index in [1.807, 2.05) is 6.08 Å². The van der Waals surface area contributed by atoms with E-state index in [-0.39, 0.29) is 37.5 Å². The quantitative estimate of drug-likeness (QED) is 0.0263. The zero-order valence-corrected chi connectivity index (χ0v) is 39.5. The van der Waals surface area contributed by atoms with Crippen molar-refractivity contribution >= 4 is 17.9 Å². The molecule has 59 heavy (non-hydrogen) atoms. The van der Waals surface area contributed by atoms with E-state index in [1.165, 1.54) is 180 Å². The molecule has 0 aliphatic rings. The van der Waals surface area contributed by atoms with Crippen LogP contribution in [0.2, 0.25) is 0 Å². The maximum absolute atomic E-state index is 12.7. The van der Waals surface area contributed by atoms with Crippen LogP contribution >= 0.6 is 0 Å². The summed E-state index contributed by atoms with van der Waals surface area (Å²) in [4.78, 5) is 37.8. The van der Waals surface area contributed by atoms with E-state index in [1.54, 1.807) is 0 Å². The summed E-state index contributed by atoms with van der Waals surface area (Å²) in [6.45, 7) is 6.59. The van der Waals surface area contributed by atoms with Crippen LogP contribution in [0.15, 0.2) is 24.3 Å². The molecule has 0 aromatic heterocycles. The lowest BCUT2D eigenvalue weighted by molar-refractivity contribution is -0.166. The van der Waals surface area contributed by atoms with Gasteiger partial charge in [0.15, 0.2) is 6.10 Å². The van der Waals surface area contributed by atoms with E-state index >= 15 is 0 Å². The highest BCUT2D eigenvalue weighted by atomic mass is 16.6. The Kier molecular flexibility index (Phi) is 46.8. The molecule has 1 unspecified atom stereocenters. The Hall–Kier alpha value is -2.11. The molecule has 1 atom stereocenters. The third kappa shape index (κ3) is 46.8. The van der Waals surface area contributed by atoms with Crippen LogP contribution in [-0.2, 0) is 28.6 Å². The lowest BCUT2D eigenvalue weighted by atomic mass is 10.0. The molecule has 346 valence electrons. The van der Waals surface area contributed by atoms with Crippen LogP contribution in [0.4, 0.5) is 0 Å². The number of allylic oxidation sites excluding steroid dienone is 4. The Bertz CT molecular complexity index is 958. The van der Waals surface area contributed by atoms with Crippen molar-refractivity contribution in [3.8, 4) is 0 Å². The first-order valence-corrected chi connectivity index (χ1v) is 25.8. The summed E-state index contributed by atoms with van der Waals surface area (Å²) in [5.41, 5.74) is 0. The normalized spacial score (nSPS) is 12.1. The highest BCUT2D eigenvalue weighted by Crippen LogP contribution is 2.16. The fourth-order valence-electron chi connectivity index (χ4n) is 7.56. The molecule has 0 N–H and O–H groups in total. The summed E-state index contributed by atoms with van der Waals surface area (Å²) in [5.74, 6) is -0.948. The first-order chi connectivity index (χ1) is 29.0. The van der Waals surface area contributed by atoms with Gasteiger partial charge < -0.3 is 14.2 Å². The van der Waals surface area contributed by atoms with Gasteiger partial charge in [0.2, 0.25) is 0 Å². The largest absolute Gasteiger partial charge is 0.462 e. The summed E-state index contributed by atoms with van der Waals surface area (Å²) in [5, 5.41) is 0. The van der Waals surface area contributed by atoms with Crippen molar-refractivity contribution in [2.75, 3.05) is 13.2 Å². The van der Waals surface area contributed by atoms with E-state index in [0.29, 0.717) is 19.3 Å². The smallest absolute Gasteiger partial charge is 0.306 e. The van der Waals surface area contributed by atoms with Crippen molar-refractivity contribution in [3.63, 3.8) is 0 Å². The number of ether oxygens (including phenoxy) is 3. The molecule has 0 aromatic rings. The molecular formula is C53H98O6. The van der Waals surface area contributed by atoms with Crippen LogP contribution in [0.3, 0.4) is 0 Å².